The molecule has 5 heteroatoms. The molecule has 0 saturated carbocycles. The van der Waals surface area contributed by atoms with Crippen LogP contribution in [0.25, 0.3) is 0 Å². The Kier molecular flexibility index (Phi) is 9.88. The first kappa shape index (κ1) is 26.5. The predicted molar refractivity (Wildman–Crippen MR) is 127 cm³/mol. The molecule has 0 aliphatic heterocycles. The quantitative estimate of drug-likeness (QED) is 0.341. The summed E-state index contributed by atoms with van der Waals surface area (Å²) in [5.74, 6) is -0.254. The Hall–Kier alpha value is -1.53. The van der Waals surface area contributed by atoms with Crippen molar-refractivity contribution in [1.29, 1.82) is 0 Å². The van der Waals surface area contributed by atoms with Crippen molar-refractivity contribution in [2.45, 2.75) is 71.9 Å². The van der Waals surface area contributed by atoms with Crippen molar-refractivity contribution >= 4 is 14.1 Å². The molecule has 4 nitrogen and oxygen atoms in total. The minimum atomic E-state index is -1.88. The van der Waals surface area contributed by atoms with E-state index in [-0.39, 0.29) is 17.4 Å². The fourth-order valence-electron chi connectivity index (χ4n) is 2.71. The van der Waals surface area contributed by atoms with Gasteiger partial charge < -0.3 is 14.3 Å². The van der Waals surface area contributed by atoms with Crippen molar-refractivity contribution in [3.05, 3.63) is 60.2 Å². The van der Waals surface area contributed by atoms with E-state index in [1.54, 1.807) is 26.0 Å². The Labute approximate surface area is 184 Å². The van der Waals surface area contributed by atoms with Gasteiger partial charge in [-0.05, 0) is 35.7 Å². The minimum Gasteiger partial charge on any atom is -0.417 e. The van der Waals surface area contributed by atoms with Crippen LogP contribution in [0.3, 0.4) is 0 Å². The topological polar surface area (TPSA) is 55.8 Å². The Morgan fingerprint density at radius 2 is 1.77 bits per heavy atom. The first-order valence-electron chi connectivity index (χ1n) is 10.6. The number of benzene rings is 1. The van der Waals surface area contributed by atoms with E-state index in [0.29, 0.717) is 25.2 Å². The zero-order chi connectivity index (χ0) is 23.0. The number of ketones is 1. The van der Waals surface area contributed by atoms with Crippen LogP contribution < -0.4 is 0 Å². The fourth-order valence-corrected chi connectivity index (χ4v) is 3.76. The van der Waals surface area contributed by atoms with E-state index < -0.39 is 19.8 Å². The summed E-state index contributed by atoms with van der Waals surface area (Å²) in [7, 11) is -1.88. The number of hydrogen-bond donors (Lipinski definition) is 1. The molecule has 1 rings (SSSR count). The number of hydrogen-bond acceptors (Lipinski definition) is 4. The monoisotopic (exact) mass is 432 g/mol. The largest absolute Gasteiger partial charge is 0.417 e. The van der Waals surface area contributed by atoms with Crippen LogP contribution in [0.5, 0.6) is 0 Å². The van der Waals surface area contributed by atoms with Gasteiger partial charge >= 0.3 is 0 Å². The highest BCUT2D eigenvalue weighted by molar-refractivity contribution is 6.74. The lowest BCUT2D eigenvalue weighted by Crippen LogP contribution is -2.42. The molecule has 0 saturated heterocycles. The van der Waals surface area contributed by atoms with E-state index >= 15 is 0 Å². The average molecular weight is 433 g/mol. The first-order chi connectivity index (χ1) is 13.8. The number of allylic oxidation sites excluding steroid dienone is 2. The number of aliphatic hydroxyl groups excluding tert-OH is 1. The van der Waals surface area contributed by atoms with Gasteiger partial charge in [0.2, 0.25) is 0 Å². The first-order valence-corrected chi connectivity index (χ1v) is 13.5. The van der Waals surface area contributed by atoms with Crippen molar-refractivity contribution in [3.8, 4) is 0 Å². The summed E-state index contributed by atoms with van der Waals surface area (Å²) < 4.78 is 12.0. The molecule has 0 heterocycles. The van der Waals surface area contributed by atoms with E-state index in [9.17, 15) is 9.90 Å². The number of carbonyl (C=O) groups is 1. The van der Waals surface area contributed by atoms with Crippen LogP contribution in [-0.4, -0.2) is 38.5 Å². The van der Waals surface area contributed by atoms with Gasteiger partial charge in [-0.2, -0.15) is 0 Å². The summed E-state index contributed by atoms with van der Waals surface area (Å²) >= 11 is 0. The van der Waals surface area contributed by atoms with Gasteiger partial charge in [0.15, 0.2) is 14.1 Å². The molecular weight excluding hydrogens is 392 g/mol. The molecule has 0 spiro atoms. The van der Waals surface area contributed by atoms with Gasteiger partial charge in [0.1, 0.15) is 6.10 Å². The van der Waals surface area contributed by atoms with Gasteiger partial charge in [0.05, 0.1) is 13.2 Å². The molecule has 1 aromatic carbocycles. The minimum absolute atomic E-state index is 0.113. The molecule has 0 aliphatic rings. The smallest absolute Gasteiger partial charge is 0.191 e. The highest BCUT2D eigenvalue weighted by Gasteiger charge is 2.38. The Balaban J connectivity index is 2.70. The van der Waals surface area contributed by atoms with Crippen molar-refractivity contribution in [1.82, 2.24) is 0 Å². The van der Waals surface area contributed by atoms with Gasteiger partial charge in [-0.25, -0.2) is 0 Å². The van der Waals surface area contributed by atoms with E-state index in [1.165, 1.54) is 0 Å². The van der Waals surface area contributed by atoms with Gasteiger partial charge in [0, 0.05) is 12.0 Å². The van der Waals surface area contributed by atoms with Crippen LogP contribution in [0.4, 0.5) is 0 Å². The van der Waals surface area contributed by atoms with Crippen LogP contribution in [0.2, 0.25) is 18.1 Å². The number of ether oxygens (including phenoxy) is 1. The molecule has 0 bridgehead atoms. The normalized spacial score (nSPS) is 14.5. The fraction of sp³-hybridized carbons (Fsp3) is 0.560. The number of aliphatic hydroxyl groups is 1. The Morgan fingerprint density at radius 1 is 1.17 bits per heavy atom. The molecule has 0 unspecified atom stereocenters. The number of Topliss-reactive ketones (excluding diaryl/α,β-unsaturated/α-hetero) is 1. The molecular formula is C25H40O4Si. The van der Waals surface area contributed by atoms with Crippen molar-refractivity contribution in [2.24, 2.45) is 5.41 Å². The maximum absolute atomic E-state index is 13.0. The van der Waals surface area contributed by atoms with Crippen LogP contribution >= 0.6 is 0 Å². The van der Waals surface area contributed by atoms with Crippen LogP contribution in [0.15, 0.2) is 54.6 Å². The lowest BCUT2D eigenvalue weighted by atomic mass is 9.83. The van der Waals surface area contributed by atoms with E-state index in [2.05, 4.69) is 40.4 Å². The molecule has 0 radical (unpaired) electrons. The van der Waals surface area contributed by atoms with Crippen LogP contribution in [-0.2, 0) is 20.6 Å². The number of carbonyl (C=O) groups excluding carboxylic acids is 1. The SMILES string of the molecule is C=C/C=C(\CCO[Si](C)(C)C(C)(C)C)[C@H](O)C(=O)C(C)(C)COCc1ccccc1. The Morgan fingerprint density at radius 3 is 2.30 bits per heavy atom. The molecule has 1 N–H and O–H groups in total. The molecule has 168 valence electrons. The predicted octanol–water partition coefficient (Wildman–Crippen LogP) is 5.68. The summed E-state index contributed by atoms with van der Waals surface area (Å²) in [6.07, 6.45) is 2.63. The molecule has 30 heavy (non-hydrogen) atoms. The average Bonchev–Trinajstić information content (AvgIpc) is 2.66. The molecule has 1 atom stereocenters. The summed E-state index contributed by atoms with van der Waals surface area (Å²) in [6, 6.07) is 9.83. The van der Waals surface area contributed by atoms with E-state index in [1.807, 2.05) is 30.3 Å². The summed E-state index contributed by atoms with van der Waals surface area (Å²) in [5.41, 5.74) is 0.871. The third kappa shape index (κ3) is 7.95. The lowest BCUT2D eigenvalue weighted by Gasteiger charge is -2.36. The molecule has 0 fully saturated rings. The molecule has 0 amide bonds. The van der Waals surface area contributed by atoms with E-state index in [0.717, 1.165) is 5.56 Å². The lowest BCUT2D eigenvalue weighted by molar-refractivity contribution is -0.137. The zero-order valence-electron chi connectivity index (χ0n) is 19.8. The van der Waals surface area contributed by atoms with E-state index in [4.69, 9.17) is 9.16 Å². The highest BCUT2D eigenvalue weighted by atomic mass is 28.4. The van der Waals surface area contributed by atoms with Crippen molar-refractivity contribution in [3.63, 3.8) is 0 Å². The third-order valence-corrected chi connectivity index (χ3v) is 10.4. The second-order valence-corrected chi connectivity index (χ2v) is 14.8. The summed E-state index contributed by atoms with van der Waals surface area (Å²) in [6.45, 7) is 19.4. The highest BCUT2D eigenvalue weighted by Crippen LogP contribution is 2.36. The molecule has 1 aromatic rings. The molecule has 0 aromatic heterocycles. The Bertz CT molecular complexity index is 714. The van der Waals surface area contributed by atoms with Gasteiger partial charge in [-0.3, -0.25) is 4.79 Å². The van der Waals surface area contributed by atoms with Crippen LogP contribution in [0, 0.1) is 5.41 Å². The third-order valence-electron chi connectivity index (χ3n) is 5.83. The number of rotatable bonds is 12. The van der Waals surface area contributed by atoms with Gasteiger partial charge in [-0.1, -0.05) is 83.7 Å². The summed E-state index contributed by atoms with van der Waals surface area (Å²) in [4.78, 5) is 13.0. The van der Waals surface area contributed by atoms with Crippen molar-refractivity contribution < 1.29 is 19.1 Å². The maximum atomic E-state index is 13.0. The second-order valence-electron chi connectivity index (χ2n) is 9.97. The summed E-state index contributed by atoms with van der Waals surface area (Å²) in [5, 5.41) is 10.9. The van der Waals surface area contributed by atoms with Crippen molar-refractivity contribution in [2.75, 3.05) is 13.2 Å². The van der Waals surface area contributed by atoms with Gasteiger partial charge in [-0.15, -0.1) is 0 Å². The van der Waals surface area contributed by atoms with Gasteiger partial charge in [0.25, 0.3) is 0 Å². The van der Waals surface area contributed by atoms with Crippen LogP contribution in [0.1, 0.15) is 46.6 Å². The maximum Gasteiger partial charge on any atom is 0.191 e. The zero-order valence-corrected chi connectivity index (χ0v) is 20.8. The standard InChI is InChI=1S/C25H40O4Si/c1-9-13-21(16-17-29-30(7,8)24(2,3)4)22(26)23(27)25(5,6)19-28-18-20-14-11-10-12-15-20/h9-15,22,26H,1,16-19H2,2-8H3/b21-13+/t22-/m0/s1. The molecule has 0 aliphatic carbocycles. The second kappa shape index (κ2) is 11.2.